The van der Waals surface area contributed by atoms with E-state index in [-0.39, 0.29) is 0 Å². The first-order chi connectivity index (χ1) is 7.75. The Labute approximate surface area is 94.5 Å². The summed E-state index contributed by atoms with van der Waals surface area (Å²) in [6, 6.07) is 10.3. The zero-order chi connectivity index (χ0) is 11.0. The van der Waals surface area contributed by atoms with Gasteiger partial charge in [0.1, 0.15) is 0 Å². The fourth-order valence-corrected chi connectivity index (χ4v) is 2.46. The monoisotopic (exact) mass is 216 g/mol. The molecule has 0 aliphatic carbocycles. The van der Waals surface area contributed by atoms with Gasteiger partial charge in [0.05, 0.1) is 5.60 Å². The number of rotatable bonds is 2. The molecule has 3 N–H and O–H groups in total. The van der Waals surface area contributed by atoms with Gasteiger partial charge in [-0.15, -0.1) is 0 Å². The highest BCUT2D eigenvalue weighted by atomic mass is 16.3. The summed E-state index contributed by atoms with van der Waals surface area (Å²) in [5.74, 6) is 0. The van der Waals surface area contributed by atoms with E-state index in [1.165, 1.54) is 5.39 Å². The molecule has 1 fully saturated rings. The van der Waals surface area contributed by atoms with Crippen LogP contribution in [0.1, 0.15) is 12.1 Å². The Hall–Kier alpha value is -1.32. The van der Waals surface area contributed by atoms with Crippen molar-refractivity contribution in [1.82, 2.24) is 10.3 Å². The van der Waals surface area contributed by atoms with Crippen molar-refractivity contribution >= 4 is 10.9 Å². The number of aromatic nitrogens is 1. The molecule has 16 heavy (non-hydrogen) atoms. The Balaban J connectivity index is 1.89. The van der Waals surface area contributed by atoms with Gasteiger partial charge in [-0.05, 0) is 30.5 Å². The minimum absolute atomic E-state index is 0.569. The van der Waals surface area contributed by atoms with Crippen LogP contribution >= 0.6 is 0 Å². The summed E-state index contributed by atoms with van der Waals surface area (Å²) in [7, 11) is 0. The van der Waals surface area contributed by atoms with Gasteiger partial charge in [0.15, 0.2) is 0 Å². The van der Waals surface area contributed by atoms with Crippen LogP contribution in [0.3, 0.4) is 0 Å². The molecule has 0 saturated carbocycles. The largest absolute Gasteiger partial charge is 0.388 e. The maximum Gasteiger partial charge on any atom is 0.0837 e. The lowest BCUT2D eigenvalue weighted by atomic mass is 9.97. The number of fused-ring (bicyclic) bond motifs is 1. The normalized spacial score (nSPS) is 25.3. The zero-order valence-electron chi connectivity index (χ0n) is 9.16. The van der Waals surface area contributed by atoms with Crippen molar-refractivity contribution in [2.45, 2.75) is 18.4 Å². The highest BCUT2D eigenvalue weighted by Gasteiger charge is 2.31. The van der Waals surface area contributed by atoms with Crippen LogP contribution in [0.25, 0.3) is 10.9 Å². The first-order valence-corrected chi connectivity index (χ1v) is 5.75. The van der Waals surface area contributed by atoms with E-state index in [1.54, 1.807) is 0 Å². The average molecular weight is 216 g/mol. The third-order valence-corrected chi connectivity index (χ3v) is 3.33. The molecule has 0 radical (unpaired) electrons. The van der Waals surface area contributed by atoms with Gasteiger partial charge in [0, 0.05) is 24.2 Å². The second-order valence-corrected chi connectivity index (χ2v) is 4.71. The van der Waals surface area contributed by atoms with Crippen molar-refractivity contribution in [2.24, 2.45) is 0 Å². The van der Waals surface area contributed by atoms with Crippen LogP contribution in [0.15, 0.2) is 30.3 Å². The number of β-amino-alcohol motifs (C(OH)–C–C–N with tert-alkyl or cyclic N) is 1. The van der Waals surface area contributed by atoms with E-state index in [0.29, 0.717) is 13.0 Å². The number of aliphatic hydroxyl groups is 1. The molecule has 3 nitrogen and oxygen atoms in total. The third-order valence-electron chi connectivity index (χ3n) is 3.33. The van der Waals surface area contributed by atoms with E-state index in [9.17, 15) is 5.11 Å². The predicted octanol–water partition coefficient (Wildman–Crippen LogP) is 1.43. The Morgan fingerprint density at radius 3 is 2.94 bits per heavy atom. The number of hydrogen-bond donors (Lipinski definition) is 3. The maximum absolute atomic E-state index is 10.3. The van der Waals surface area contributed by atoms with E-state index >= 15 is 0 Å². The quantitative estimate of drug-likeness (QED) is 0.711. The summed E-state index contributed by atoms with van der Waals surface area (Å²) >= 11 is 0. The number of hydrogen-bond acceptors (Lipinski definition) is 2. The van der Waals surface area contributed by atoms with Crippen LogP contribution in [0.2, 0.25) is 0 Å². The minimum atomic E-state index is -0.569. The molecule has 0 amide bonds. The number of para-hydroxylation sites is 1. The lowest BCUT2D eigenvalue weighted by Gasteiger charge is -2.19. The van der Waals surface area contributed by atoms with Gasteiger partial charge in [-0.1, -0.05) is 18.2 Å². The molecule has 0 spiro atoms. The SMILES string of the molecule is OC1(Cc2cc3ccccc3[nH]2)CCNC1. The maximum atomic E-state index is 10.3. The molecule has 0 bridgehead atoms. The first-order valence-electron chi connectivity index (χ1n) is 5.75. The predicted molar refractivity (Wildman–Crippen MR) is 64.4 cm³/mol. The first kappa shape index (κ1) is 9.87. The van der Waals surface area contributed by atoms with E-state index in [2.05, 4.69) is 28.5 Å². The molecule has 2 heterocycles. The van der Waals surface area contributed by atoms with Crippen molar-refractivity contribution < 1.29 is 5.11 Å². The molecule has 1 aliphatic rings. The van der Waals surface area contributed by atoms with Crippen molar-refractivity contribution in [2.75, 3.05) is 13.1 Å². The Kier molecular flexibility index (Phi) is 2.23. The smallest absolute Gasteiger partial charge is 0.0837 e. The molecule has 84 valence electrons. The molecule has 1 aromatic carbocycles. The standard InChI is InChI=1S/C13H16N2O/c16-13(5-6-14-9-13)8-11-7-10-3-1-2-4-12(10)15-11/h1-4,7,14-16H,5-6,8-9H2. The molecule has 2 aromatic rings. The summed E-state index contributed by atoms with van der Waals surface area (Å²) in [5.41, 5.74) is 1.69. The Morgan fingerprint density at radius 2 is 2.19 bits per heavy atom. The van der Waals surface area contributed by atoms with E-state index in [1.807, 2.05) is 12.1 Å². The van der Waals surface area contributed by atoms with E-state index in [0.717, 1.165) is 24.2 Å². The highest BCUT2D eigenvalue weighted by Crippen LogP contribution is 2.22. The second-order valence-electron chi connectivity index (χ2n) is 4.71. The number of nitrogens with one attached hydrogen (secondary N) is 2. The summed E-state index contributed by atoms with van der Waals surface area (Å²) in [4.78, 5) is 3.36. The van der Waals surface area contributed by atoms with Crippen LogP contribution in [0.5, 0.6) is 0 Å². The van der Waals surface area contributed by atoms with E-state index < -0.39 is 5.60 Å². The molecule has 1 saturated heterocycles. The molecule has 1 unspecified atom stereocenters. The van der Waals surface area contributed by atoms with Gasteiger partial charge in [-0.25, -0.2) is 0 Å². The fourth-order valence-electron chi connectivity index (χ4n) is 2.46. The zero-order valence-corrected chi connectivity index (χ0v) is 9.16. The molecular formula is C13H16N2O. The fraction of sp³-hybridized carbons (Fsp3) is 0.385. The van der Waals surface area contributed by atoms with Gasteiger partial charge in [-0.2, -0.15) is 0 Å². The average Bonchev–Trinajstić information content (AvgIpc) is 2.84. The second kappa shape index (κ2) is 3.61. The van der Waals surface area contributed by atoms with Gasteiger partial charge in [0.25, 0.3) is 0 Å². The molecular weight excluding hydrogens is 200 g/mol. The Morgan fingerprint density at radius 1 is 1.31 bits per heavy atom. The van der Waals surface area contributed by atoms with Crippen LogP contribution in [-0.2, 0) is 6.42 Å². The number of aromatic amines is 1. The Bertz CT molecular complexity index is 464. The van der Waals surface area contributed by atoms with Crippen molar-refractivity contribution in [3.05, 3.63) is 36.0 Å². The number of benzene rings is 1. The van der Waals surface area contributed by atoms with Crippen molar-refractivity contribution in [1.29, 1.82) is 0 Å². The third kappa shape index (κ3) is 1.72. The van der Waals surface area contributed by atoms with Gasteiger partial charge >= 0.3 is 0 Å². The molecule has 1 aromatic heterocycles. The molecule has 3 rings (SSSR count). The highest BCUT2D eigenvalue weighted by molar-refractivity contribution is 5.80. The summed E-state index contributed by atoms with van der Waals surface area (Å²) < 4.78 is 0. The topological polar surface area (TPSA) is 48.0 Å². The van der Waals surface area contributed by atoms with Crippen LogP contribution < -0.4 is 5.32 Å². The molecule has 1 aliphatic heterocycles. The number of H-pyrrole nitrogens is 1. The van der Waals surface area contributed by atoms with Crippen LogP contribution in [0.4, 0.5) is 0 Å². The molecule has 1 atom stereocenters. The van der Waals surface area contributed by atoms with Gasteiger partial charge in [0.2, 0.25) is 0 Å². The van der Waals surface area contributed by atoms with Crippen LogP contribution in [0, 0.1) is 0 Å². The lowest BCUT2D eigenvalue weighted by molar-refractivity contribution is 0.0611. The summed E-state index contributed by atoms with van der Waals surface area (Å²) in [5, 5.41) is 14.7. The van der Waals surface area contributed by atoms with Crippen LogP contribution in [-0.4, -0.2) is 28.8 Å². The van der Waals surface area contributed by atoms with Crippen molar-refractivity contribution in [3.8, 4) is 0 Å². The lowest BCUT2D eigenvalue weighted by Crippen LogP contribution is -2.33. The summed E-state index contributed by atoms with van der Waals surface area (Å²) in [6.07, 6.45) is 1.54. The van der Waals surface area contributed by atoms with Crippen molar-refractivity contribution in [3.63, 3.8) is 0 Å². The van der Waals surface area contributed by atoms with E-state index in [4.69, 9.17) is 0 Å². The molecule has 3 heteroatoms. The summed E-state index contributed by atoms with van der Waals surface area (Å²) in [6.45, 7) is 1.61. The van der Waals surface area contributed by atoms with Gasteiger partial charge < -0.3 is 15.4 Å². The minimum Gasteiger partial charge on any atom is -0.388 e. The van der Waals surface area contributed by atoms with Gasteiger partial charge in [-0.3, -0.25) is 0 Å².